The van der Waals surface area contributed by atoms with E-state index >= 15 is 0 Å². The summed E-state index contributed by atoms with van der Waals surface area (Å²) >= 11 is 11.7. The third kappa shape index (κ3) is 2.60. The molecule has 0 saturated heterocycles. The Morgan fingerprint density at radius 2 is 1.90 bits per heavy atom. The summed E-state index contributed by atoms with van der Waals surface area (Å²) in [7, 11) is 1.63. The van der Waals surface area contributed by atoms with Gasteiger partial charge in [-0.3, -0.25) is 4.57 Å². The molecule has 106 valence electrons. The molecule has 0 aliphatic carbocycles. The number of rotatable bonds is 3. The van der Waals surface area contributed by atoms with Gasteiger partial charge in [0.1, 0.15) is 5.75 Å². The Labute approximate surface area is 132 Å². The lowest BCUT2D eigenvalue weighted by atomic mass is 10.1. The molecule has 3 nitrogen and oxygen atoms in total. The first-order valence-electron chi connectivity index (χ1n) is 6.40. The highest BCUT2D eigenvalue weighted by molar-refractivity contribution is 7.71. The summed E-state index contributed by atoms with van der Waals surface area (Å²) in [5.41, 5.74) is 2.81. The van der Waals surface area contributed by atoms with Crippen LogP contribution in [0.25, 0.3) is 16.9 Å². The number of hydrogen-bond donors (Lipinski definition) is 1. The van der Waals surface area contributed by atoms with E-state index in [4.69, 9.17) is 28.6 Å². The molecular weight excluding hydrogens is 304 g/mol. The highest BCUT2D eigenvalue weighted by Crippen LogP contribution is 2.30. The van der Waals surface area contributed by atoms with Crippen LogP contribution in [0.2, 0.25) is 5.02 Å². The molecule has 0 fully saturated rings. The van der Waals surface area contributed by atoms with E-state index in [1.807, 2.05) is 53.2 Å². The number of benzene rings is 2. The first-order chi connectivity index (χ1) is 10.2. The largest absolute Gasteiger partial charge is 0.497 e. The van der Waals surface area contributed by atoms with Crippen LogP contribution in [0, 0.1) is 4.77 Å². The fraction of sp³-hybridized carbons (Fsp3) is 0.0625. The molecule has 0 bridgehead atoms. The van der Waals surface area contributed by atoms with Gasteiger partial charge in [0.05, 0.1) is 23.5 Å². The Morgan fingerprint density at radius 1 is 1.14 bits per heavy atom. The van der Waals surface area contributed by atoms with E-state index in [0.29, 0.717) is 9.79 Å². The smallest absolute Gasteiger partial charge is 0.182 e. The topological polar surface area (TPSA) is 29.9 Å². The quantitative estimate of drug-likeness (QED) is 0.699. The molecule has 0 aliphatic rings. The van der Waals surface area contributed by atoms with E-state index in [0.717, 1.165) is 22.7 Å². The standard InChI is InChI=1S/C16H13ClN2OS/c1-20-12-7-8-13(17)14(9-12)19-15(10-18-16(19)21)11-5-3-2-4-6-11/h2-10H,1H3,(H,18,21). The number of ether oxygens (including phenoxy) is 1. The van der Waals surface area contributed by atoms with Crippen molar-refractivity contribution in [3.05, 3.63) is 64.5 Å². The van der Waals surface area contributed by atoms with Crippen molar-refractivity contribution >= 4 is 23.8 Å². The van der Waals surface area contributed by atoms with Crippen LogP contribution in [0.4, 0.5) is 0 Å². The molecular formula is C16H13ClN2OS. The molecule has 0 aliphatic heterocycles. The second-order valence-corrected chi connectivity index (χ2v) is 5.29. The molecule has 0 saturated carbocycles. The third-order valence-electron chi connectivity index (χ3n) is 3.24. The molecule has 0 amide bonds. The molecule has 2 aromatic carbocycles. The monoisotopic (exact) mass is 316 g/mol. The van der Waals surface area contributed by atoms with Crippen LogP contribution in [0.15, 0.2) is 54.7 Å². The first-order valence-corrected chi connectivity index (χ1v) is 7.19. The number of nitrogens with zero attached hydrogens (tertiary/aromatic N) is 1. The maximum Gasteiger partial charge on any atom is 0.182 e. The summed E-state index contributed by atoms with van der Waals surface area (Å²) in [6.07, 6.45) is 1.88. The zero-order valence-electron chi connectivity index (χ0n) is 11.3. The minimum absolute atomic E-state index is 0.587. The molecule has 3 rings (SSSR count). The highest BCUT2D eigenvalue weighted by Gasteiger charge is 2.12. The Bertz CT molecular complexity index is 824. The lowest BCUT2D eigenvalue weighted by Crippen LogP contribution is -1.98. The van der Waals surface area contributed by atoms with Crippen LogP contribution in [0.1, 0.15) is 0 Å². The zero-order chi connectivity index (χ0) is 14.8. The van der Waals surface area contributed by atoms with Crippen LogP contribution in [-0.2, 0) is 0 Å². The Balaban J connectivity index is 2.25. The van der Waals surface area contributed by atoms with E-state index in [1.165, 1.54) is 0 Å². The molecule has 0 unspecified atom stereocenters. The number of methoxy groups -OCH3 is 1. The summed E-state index contributed by atoms with van der Waals surface area (Å²) in [6.45, 7) is 0. The van der Waals surface area contributed by atoms with Gasteiger partial charge in [-0.05, 0) is 24.4 Å². The van der Waals surface area contributed by atoms with Gasteiger partial charge in [-0.15, -0.1) is 0 Å². The lowest BCUT2D eigenvalue weighted by Gasteiger charge is -2.12. The number of halogens is 1. The van der Waals surface area contributed by atoms with Crippen molar-refractivity contribution in [3.8, 4) is 22.7 Å². The number of aromatic amines is 1. The summed E-state index contributed by atoms with van der Waals surface area (Å²) < 4.78 is 7.78. The van der Waals surface area contributed by atoms with Gasteiger partial charge in [0, 0.05) is 17.8 Å². The number of aromatic nitrogens is 2. The van der Waals surface area contributed by atoms with E-state index in [2.05, 4.69) is 4.98 Å². The fourth-order valence-corrected chi connectivity index (χ4v) is 2.68. The van der Waals surface area contributed by atoms with Crippen molar-refractivity contribution in [2.75, 3.05) is 7.11 Å². The Kier molecular flexibility index (Phi) is 3.82. The second kappa shape index (κ2) is 5.76. The van der Waals surface area contributed by atoms with Gasteiger partial charge < -0.3 is 9.72 Å². The van der Waals surface area contributed by atoms with Gasteiger partial charge in [0.15, 0.2) is 4.77 Å². The van der Waals surface area contributed by atoms with E-state index in [9.17, 15) is 0 Å². The van der Waals surface area contributed by atoms with Crippen molar-refractivity contribution in [2.45, 2.75) is 0 Å². The summed E-state index contributed by atoms with van der Waals surface area (Å²) in [4.78, 5) is 3.08. The molecule has 0 spiro atoms. The molecule has 1 heterocycles. The Morgan fingerprint density at radius 3 is 2.62 bits per heavy atom. The zero-order valence-corrected chi connectivity index (χ0v) is 12.9. The minimum Gasteiger partial charge on any atom is -0.497 e. The molecule has 21 heavy (non-hydrogen) atoms. The van der Waals surface area contributed by atoms with Gasteiger partial charge in [-0.25, -0.2) is 0 Å². The van der Waals surface area contributed by atoms with E-state index in [1.54, 1.807) is 13.2 Å². The van der Waals surface area contributed by atoms with Gasteiger partial charge >= 0.3 is 0 Å². The average molecular weight is 317 g/mol. The molecule has 0 radical (unpaired) electrons. The van der Waals surface area contributed by atoms with Crippen molar-refractivity contribution in [3.63, 3.8) is 0 Å². The van der Waals surface area contributed by atoms with Gasteiger partial charge in [0.25, 0.3) is 0 Å². The molecule has 1 N–H and O–H groups in total. The molecule has 3 aromatic rings. The number of H-pyrrole nitrogens is 1. The Hall–Kier alpha value is -2.04. The van der Waals surface area contributed by atoms with Crippen LogP contribution < -0.4 is 4.74 Å². The predicted molar refractivity (Wildman–Crippen MR) is 88.0 cm³/mol. The molecule has 1 aromatic heterocycles. The van der Waals surface area contributed by atoms with Crippen LogP contribution >= 0.6 is 23.8 Å². The van der Waals surface area contributed by atoms with Gasteiger partial charge in [-0.1, -0.05) is 41.9 Å². The van der Waals surface area contributed by atoms with Crippen molar-refractivity contribution in [1.29, 1.82) is 0 Å². The van der Waals surface area contributed by atoms with Gasteiger partial charge in [-0.2, -0.15) is 0 Å². The highest BCUT2D eigenvalue weighted by atomic mass is 35.5. The predicted octanol–water partition coefficient (Wildman–Crippen LogP) is 4.86. The maximum absolute atomic E-state index is 6.34. The molecule has 0 atom stereocenters. The van der Waals surface area contributed by atoms with Crippen molar-refractivity contribution < 1.29 is 4.74 Å². The van der Waals surface area contributed by atoms with E-state index < -0.39 is 0 Å². The number of hydrogen-bond acceptors (Lipinski definition) is 2. The normalized spacial score (nSPS) is 10.6. The second-order valence-electron chi connectivity index (χ2n) is 4.50. The van der Waals surface area contributed by atoms with Crippen LogP contribution in [0.5, 0.6) is 5.75 Å². The minimum atomic E-state index is 0.587. The van der Waals surface area contributed by atoms with Crippen LogP contribution in [0.3, 0.4) is 0 Å². The van der Waals surface area contributed by atoms with Gasteiger partial charge in [0.2, 0.25) is 0 Å². The number of imidazole rings is 1. The van der Waals surface area contributed by atoms with Crippen LogP contribution in [-0.4, -0.2) is 16.7 Å². The number of nitrogens with one attached hydrogen (secondary N) is 1. The SMILES string of the molecule is COc1ccc(Cl)c(-n2c(-c3ccccc3)c[nH]c2=S)c1. The van der Waals surface area contributed by atoms with Crippen molar-refractivity contribution in [2.24, 2.45) is 0 Å². The fourth-order valence-electron chi connectivity index (χ4n) is 2.22. The summed E-state index contributed by atoms with van der Waals surface area (Å²) in [6, 6.07) is 15.5. The molecule has 5 heteroatoms. The summed E-state index contributed by atoms with van der Waals surface area (Å²) in [5, 5.41) is 0.615. The lowest BCUT2D eigenvalue weighted by molar-refractivity contribution is 0.414. The van der Waals surface area contributed by atoms with E-state index in [-0.39, 0.29) is 0 Å². The average Bonchev–Trinajstić information content (AvgIpc) is 2.90. The third-order valence-corrected chi connectivity index (χ3v) is 3.86. The summed E-state index contributed by atoms with van der Waals surface area (Å²) in [5.74, 6) is 0.733. The van der Waals surface area contributed by atoms with Crippen molar-refractivity contribution in [1.82, 2.24) is 9.55 Å². The maximum atomic E-state index is 6.34. The first kappa shape index (κ1) is 13.9.